The van der Waals surface area contributed by atoms with Crippen LogP contribution in [0.5, 0.6) is 0 Å². The standard InChI is InChI=1S/C21H38O4/c1-2-3-4-5-6-7-8-9-10-11-14-17-18(20(17)21(24)25)15-12-13-16-19(22)23/h17-18,20H,2-16H2,1H3,(H,22,23)(H,24,25). The molecule has 0 aromatic heterocycles. The number of hydrogen-bond acceptors (Lipinski definition) is 2. The summed E-state index contributed by atoms with van der Waals surface area (Å²) in [6.07, 6.45) is 16.7. The van der Waals surface area contributed by atoms with Gasteiger partial charge in [-0.05, 0) is 31.1 Å². The SMILES string of the molecule is CCCCCCCCCCCCC1C(CCCCC(=O)O)C1C(=O)O. The Labute approximate surface area is 153 Å². The van der Waals surface area contributed by atoms with Crippen LogP contribution in [0, 0.1) is 17.8 Å². The summed E-state index contributed by atoms with van der Waals surface area (Å²) in [5.41, 5.74) is 0. The van der Waals surface area contributed by atoms with Gasteiger partial charge < -0.3 is 10.2 Å². The lowest BCUT2D eigenvalue weighted by Gasteiger charge is -2.03. The van der Waals surface area contributed by atoms with Crippen molar-refractivity contribution in [2.75, 3.05) is 0 Å². The third kappa shape index (κ3) is 9.86. The normalized spacial score (nSPS) is 22.0. The van der Waals surface area contributed by atoms with E-state index in [4.69, 9.17) is 5.11 Å². The summed E-state index contributed by atoms with van der Waals surface area (Å²) >= 11 is 0. The Morgan fingerprint density at radius 3 is 1.56 bits per heavy atom. The van der Waals surface area contributed by atoms with Crippen molar-refractivity contribution >= 4 is 11.9 Å². The first-order valence-corrected chi connectivity index (χ1v) is 10.5. The molecule has 4 heteroatoms. The third-order valence-corrected chi connectivity index (χ3v) is 5.69. The van der Waals surface area contributed by atoms with Crippen molar-refractivity contribution in [3.63, 3.8) is 0 Å². The fraction of sp³-hybridized carbons (Fsp3) is 0.905. The van der Waals surface area contributed by atoms with Crippen molar-refractivity contribution in [1.82, 2.24) is 0 Å². The molecular weight excluding hydrogens is 316 g/mol. The van der Waals surface area contributed by atoms with Crippen molar-refractivity contribution in [3.8, 4) is 0 Å². The first-order chi connectivity index (χ1) is 12.1. The van der Waals surface area contributed by atoms with E-state index in [2.05, 4.69) is 6.92 Å². The van der Waals surface area contributed by atoms with Gasteiger partial charge in [-0.1, -0.05) is 77.6 Å². The molecule has 0 aromatic rings. The lowest BCUT2D eigenvalue weighted by atomic mass is 10.0. The maximum Gasteiger partial charge on any atom is 0.307 e. The number of hydrogen-bond donors (Lipinski definition) is 2. The summed E-state index contributed by atoms with van der Waals surface area (Å²) in [5.74, 6) is -0.933. The van der Waals surface area contributed by atoms with E-state index in [1.165, 1.54) is 57.8 Å². The monoisotopic (exact) mass is 354 g/mol. The molecule has 1 aliphatic rings. The largest absolute Gasteiger partial charge is 0.481 e. The van der Waals surface area contributed by atoms with Crippen LogP contribution in [0.3, 0.4) is 0 Å². The summed E-state index contributed by atoms with van der Waals surface area (Å²) < 4.78 is 0. The molecule has 25 heavy (non-hydrogen) atoms. The Hall–Kier alpha value is -1.06. The minimum Gasteiger partial charge on any atom is -0.481 e. The van der Waals surface area contributed by atoms with Crippen LogP contribution in [-0.4, -0.2) is 22.2 Å². The molecule has 1 fully saturated rings. The molecule has 1 rings (SSSR count). The molecule has 4 nitrogen and oxygen atoms in total. The van der Waals surface area contributed by atoms with Gasteiger partial charge in [0.15, 0.2) is 0 Å². The minimum absolute atomic E-state index is 0.164. The maximum atomic E-state index is 11.3. The summed E-state index contributed by atoms with van der Waals surface area (Å²) in [6.45, 7) is 2.25. The lowest BCUT2D eigenvalue weighted by molar-refractivity contribution is -0.139. The van der Waals surface area contributed by atoms with Crippen LogP contribution in [0.1, 0.15) is 103 Å². The highest BCUT2D eigenvalue weighted by Gasteiger charge is 2.53. The van der Waals surface area contributed by atoms with Crippen LogP contribution in [0.2, 0.25) is 0 Å². The molecule has 146 valence electrons. The van der Waals surface area contributed by atoms with Gasteiger partial charge >= 0.3 is 11.9 Å². The highest BCUT2D eigenvalue weighted by Crippen LogP contribution is 2.52. The second-order valence-electron chi connectivity index (χ2n) is 7.80. The van der Waals surface area contributed by atoms with Gasteiger partial charge in [0.25, 0.3) is 0 Å². The maximum absolute atomic E-state index is 11.3. The van der Waals surface area contributed by atoms with E-state index in [1.807, 2.05) is 0 Å². The average molecular weight is 355 g/mol. The molecule has 1 aliphatic carbocycles. The van der Waals surface area contributed by atoms with Gasteiger partial charge in [0.2, 0.25) is 0 Å². The van der Waals surface area contributed by atoms with E-state index < -0.39 is 11.9 Å². The molecule has 0 amide bonds. The second kappa shape index (κ2) is 13.2. The first-order valence-electron chi connectivity index (χ1n) is 10.5. The minimum atomic E-state index is -0.757. The van der Waals surface area contributed by atoms with E-state index >= 15 is 0 Å². The van der Waals surface area contributed by atoms with Crippen LogP contribution >= 0.6 is 0 Å². The first kappa shape index (κ1) is 22.0. The number of unbranched alkanes of at least 4 members (excludes halogenated alkanes) is 10. The Kier molecular flexibility index (Phi) is 11.6. The highest BCUT2D eigenvalue weighted by atomic mass is 16.4. The molecule has 3 unspecified atom stereocenters. The predicted octanol–water partition coefficient (Wildman–Crippen LogP) is 5.89. The molecule has 0 aromatic carbocycles. The summed E-state index contributed by atoms with van der Waals surface area (Å²) in [5, 5.41) is 18.0. The number of carboxylic acid groups (broad SMARTS) is 2. The van der Waals surface area contributed by atoms with Crippen molar-refractivity contribution in [2.45, 2.75) is 103 Å². The van der Waals surface area contributed by atoms with Crippen molar-refractivity contribution in [1.29, 1.82) is 0 Å². The molecule has 0 heterocycles. The number of rotatable bonds is 17. The average Bonchev–Trinajstić information content (AvgIpc) is 3.26. The number of carbonyl (C=O) groups is 2. The summed E-state index contributed by atoms with van der Waals surface area (Å²) in [4.78, 5) is 21.8. The van der Waals surface area contributed by atoms with Crippen LogP contribution < -0.4 is 0 Å². The summed E-state index contributed by atoms with van der Waals surface area (Å²) in [6, 6.07) is 0. The van der Waals surface area contributed by atoms with E-state index in [0.29, 0.717) is 18.3 Å². The molecular formula is C21H38O4. The van der Waals surface area contributed by atoms with Gasteiger partial charge in [0.05, 0.1) is 5.92 Å². The van der Waals surface area contributed by atoms with Gasteiger partial charge in [0, 0.05) is 6.42 Å². The van der Waals surface area contributed by atoms with Crippen molar-refractivity contribution in [3.05, 3.63) is 0 Å². The Balaban J connectivity index is 2.01. The lowest BCUT2D eigenvalue weighted by Crippen LogP contribution is -2.01. The smallest absolute Gasteiger partial charge is 0.307 e. The predicted molar refractivity (Wildman–Crippen MR) is 101 cm³/mol. The zero-order valence-corrected chi connectivity index (χ0v) is 16.0. The fourth-order valence-corrected chi connectivity index (χ4v) is 4.12. The highest BCUT2D eigenvalue weighted by molar-refractivity contribution is 5.74. The van der Waals surface area contributed by atoms with E-state index in [-0.39, 0.29) is 12.3 Å². The molecule has 2 N–H and O–H groups in total. The van der Waals surface area contributed by atoms with E-state index in [9.17, 15) is 14.7 Å². The van der Waals surface area contributed by atoms with Crippen LogP contribution in [0.4, 0.5) is 0 Å². The molecule has 3 atom stereocenters. The van der Waals surface area contributed by atoms with Crippen LogP contribution in [-0.2, 0) is 9.59 Å². The molecule has 0 radical (unpaired) electrons. The fourth-order valence-electron chi connectivity index (χ4n) is 4.12. The quantitative estimate of drug-likeness (QED) is 0.319. The van der Waals surface area contributed by atoms with E-state index in [0.717, 1.165) is 25.7 Å². The van der Waals surface area contributed by atoms with E-state index in [1.54, 1.807) is 0 Å². The van der Waals surface area contributed by atoms with Gasteiger partial charge in [-0.2, -0.15) is 0 Å². The van der Waals surface area contributed by atoms with Gasteiger partial charge in [0.1, 0.15) is 0 Å². The zero-order chi connectivity index (χ0) is 18.5. The molecule has 0 spiro atoms. The van der Waals surface area contributed by atoms with Gasteiger partial charge in [-0.15, -0.1) is 0 Å². The topological polar surface area (TPSA) is 74.6 Å². The molecule has 0 aliphatic heterocycles. The van der Waals surface area contributed by atoms with Crippen molar-refractivity contribution in [2.24, 2.45) is 17.8 Å². The zero-order valence-electron chi connectivity index (χ0n) is 16.0. The van der Waals surface area contributed by atoms with Gasteiger partial charge in [-0.3, -0.25) is 9.59 Å². The molecule has 0 bridgehead atoms. The van der Waals surface area contributed by atoms with Crippen LogP contribution in [0.25, 0.3) is 0 Å². The Morgan fingerprint density at radius 1 is 0.680 bits per heavy atom. The van der Waals surface area contributed by atoms with Gasteiger partial charge in [-0.25, -0.2) is 0 Å². The van der Waals surface area contributed by atoms with Crippen LogP contribution in [0.15, 0.2) is 0 Å². The molecule has 1 saturated carbocycles. The second-order valence-corrected chi connectivity index (χ2v) is 7.80. The Bertz CT molecular complexity index is 380. The molecule has 0 saturated heterocycles. The Morgan fingerprint density at radius 2 is 1.12 bits per heavy atom. The number of aliphatic carboxylic acids is 2. The third-order valence-electron chi connectivity index (χ3n) is 5.69. The number of carboxylic acids is 2. The summed E-state index contributed by atoms with van der Waals surface area (Å²) in [7, 11) is 0. The van der Waals surface area contributed by atoms with Crippen molar-refractivity contribution < 1.29 is 19.8 Å².